The van der Waals surface area contributed by atoms with Crippen molar-refractivity contribution in [2.45, 2.75) is 0 Å². The number of carbonyl (C=O) groups excluding carboxylic acids is 1. The summed E-state index contributed by atoms with van der Waals surface area (Å²) in [6.07, 6.45) is 0. The summed E-state index contributed by atoms with van der Waals surface area (Å²) < 4.78 is 13.5. The zero-order chi connectivity index (χ0) is 20.4. The highest BCUT2D eigenvalue weighted by molar-refractivity contribution is 6.31. The third-order valence-corrected chi connectivity index (χ3v) is 5.13. The summed E-state index contributed by atoms with van der Waals surface area (Å²) in [6.45, 7) is 0. The van der Waals surface area contributed by atoms with Crippen LogP contribution in [0, 0.1) is 5.82 Å². The molecule has 0 radical (unpaired) electrons. The van der Waals surface area contributed by atoms with Crippen LogP contribution in [0.15, 0.2) is 91.0 Å². The molecule has 4 heteroatoms. The van der Waals surface area contributed by atoms with Crippen molar-refractivity contribution in [3.05, 3.63) is 113 Å². The SMILES string of the molecule is Nc1c(C(=O)c2ccc(-c3ccccc3)cc2)cccc1-c1ccc(F)c(Cl)c1. The van der Waals surface area contributed by atoms with Crippen LogP contribution >= 0.6 is 11.6 Å². The van der Waals surface area contributed by atoms with Gasteiger partial charge in [0.1, 0.15) is 5.82 Å². The molecule has 4 aromatic rings. The molecule has 142 valence electrons. The lowest BCUT2D eigenvalue weighted by Crippen LogP contribution is -2.06. The summed E-state index contributed by atoms with van der Waals surface area (Å²) in [5, 5.41) is 0.00938. The molecule has 4 rings (SSSR count). The standard InChI is InChI=1S/C25H17ClFNO/c26-22-15-19(13-14-23(22)27)20-7-4-8-21(24(20)28)25(29)18-11-9-17(10-12-18)16-5-2-1-3-6-16/h1-15H,28H2. The average molecular weight is 402 g/mol. The van der Waals surface area contributed by atoms with Gasteiger partial charge in [0.2, 0.25) is 0 Å². The second-order valence-electron chi connectivity index (χ2n) is 6.67. The highest BCUT2D eigenvalue weighted by atomic mass is 35.5. The molecule has 0 atom stereocenters. The van der Waals surface area contributed by atoms with Crippen molar-refractivity contribution in [1.29, 1.82) is 0 Å². The molecular formula is C25H17ClFNO. The number of rotatable bonds is 4. The molecule has 4 aromatic carbocycles. The van der Waals surface area contributed by atoms with Gasteiger partial charge in [-0.05, 0) is 34.9 Å². The van der Waals surface area contributed by atoms with Crippen LogP contribution in [0.25, 0.3) is 22.3 Å². The number of carbonyl (C=O) groups is 1. The first-order valence-corrected chi connectivity index (χ1v) is 9.46. The maximum absolute atomic E-state index is 13.5. The fraction of sp³-hybridized carbons (Fsp3) is 0. The second kappa shape index (κ2) is 7.90. The van der Waals surface area contributed by atoms with Crippen LogP contribution in [-0.2, 0) is 0 Å². The quantitative estimate of drug-likeness (QED) is 0.308. The lowest BCUT2D eigenvalue weighted by molar-refractivity contribution is 0.103. The van der Waals surface area contributed by atoms with Gasteiger partial charge in [0.15, 0.2) is 5.78 Å². The van der Waals surface area contributed by atoms with Crippen molar-refractivity contribution in [2.24, 2.45) is 0 Å². The maximum atomic E-state index is 13.5. The Kier molecular flexibility index (Phi) is 5.15. The number of nitrogens with two attached hydrogens (primary N) is 1. The highest BCUT2D eigenvalue weighted by Crippen LogP contribution is 2.32. The molecule has 0 bridgehead atoms. The van der Waals surface area contributed by atoms with Crippen LogP contribution < -0.4 is 5.73 Å². The van der Waals surface area contributed by atoms with Crippen LogP contribution in [0.3, 0.4) is 0 Å². The summed E-state index contributed by atoms with van der Waals surface area (Å²) >= 11 is 5.90. The van der Waals surface area contributed by atoms with Crippen LogP contribution in [0.2, 0.25) is 5.02 Å². The summed E-state index contributed by atoms with van der Waals surface area (Å²) in [5.74, 6) is -0.670. The number of hydrogen-bond acceptors (Lipinski definition) is 2. The fourth-order valence-corrected chi connectivity index (χ4v) is 3.46. The Balaban J connectivity index is 1.68. The summed E-state index contributed by atoms with van der Waals surface area (Å²) in [7, 11) is 0. The van der Waals surface area contributed by atoms with Crippen molar-refractivity contribution >= 4 is 23.1 Å². The lowest BCUT2D eigenvalue weighted by Gasteiger charge is -2.12. The zero-order valence-corrected chi connectivity index (χ0v) is 16.2. The van der Waals surface area contributed by atoms with Crippen molar-refractivity contribution in [3.8, 4) is 22.3 Å². The number of ketones is 1. The van der Waals surface area contributed by atoms with E-state index in [2.05, 4.69) is 0 Å². The minimum atomic E-state index is -0.500. The smallest absolute Gasteiger partial charge is 0.195 e. The van der Waals surface area contributed by atoms with Gasteiger partial charge in [-0.1, -0.05) is 84.4 Å². The summed E-state index contributed by atoms with van der Waals surface area (Å²) in [6, 6.07) is 27.0. The predicted octanol–water partition coefficient (Wildman–Crippen LogP) is 6.63. The van der Waals surface area contributed by atoms with E-state index in [0.29, 0.717) is 27.9 Å². The van der Waals surface area contributed by atoms with Gasteiger partial charge >= 0.3 is 0 Å². The molecule has 0 saturated carbocycles. The minimum absolute atomic E-state index is 0.00938. The van der Waals surface area contributed by atoms with Crippen LogP contribution in [0.1, 0.15) is 15.9 Å². The Bertz CT molecular complexity index is 1190. The number of hydrogen-bond donors (Lipinski definition) is 1. The summed E-state index contributed by atoms with van der Waals surface area (Å²) in [5.41, 5.74) is 11.0. The molecule has 0 aliphatic carbocycles. The Morgan fingerprint density at radius 2 is 1.41 bits per heavy atom. The van der Waals surface area contributed by atoms with Gasteiger partial charge in [-0.2, -0.15) is 0 Å². The molecular weight excluding hydrogens is 385 g/mol. The van der Waals surface area contributed by atoms with E-state index in [-0.39, 0.29) is 10.8 Å². The second-order valence-corrected chi connectivity index (χ2v) is 7.08. The van der Waals surface area contributed by atoms with E-state index in [1.807, 2.05) is 42.5 Å². The predicted molar refractivity (Wildman–Crippen MR) is 117 cm³/mol. The van der Waals surface area contributed by atoms with Crippen LogP contribution in [0.5, 0.6) is 0 Å². The largest absolute Gasteiger partial charge is 0.398 e. The highest BCUT2D eigenvalue weighted by Gasteiger charge is 2.16. The van der Waals surface area contributed by atoms with Crippen molar-refractivity contribution in [2.75, 3.05) is 5.73 Å². The number of anilines is 1. The molecule has 0 amide bonds. The number of nitrogen functional groups attached to an aromatic ring is 1. The van der Waals surface area contributed by atoms with Gasteiger partial charge in [0.25, 0.3) is 0 Å². The first kappa shape index (κ1) is 18.9. The fourth-order valence-electron chi connectivity index (χ4n) is 3.28. The third-order valence-electron chi connectivity index (χ3n) is 4.84. The number of halogens is 2. The van der Waals surface area contributed by atoms with Crippen molar-refractivity contribution in [1.82, 2.24) is 0 Å². The van der Waals surface area contributed by atoms with Gasteiger partial charge < -0.3 is 5.73 Å². The molecule has 0 heterocycles. The molecule has 0 spiro atoms. The summed E-state index contributed by atoms with van der Waals surface area (Å²) in [4.78, 5) is 13.1. The van der Waals surface area contributed by atoms with Crippen molar-refractivity contribution < 1.29 is 9.18 Å². The van der Waals surface area contributed by atoms with Crippen LogP contribution in [0.4, 0.5) is 10.1 Å². The molecule has 0 aliphatic rings. The minimum Gasteiger partial charge on any atom is -0.398 e. The molecule has 0 aromatic heterocycles. The van der Waals surface area contributed by atoms with E-state index < -0.39 is 5.82 Å². The Morgan fingerprint density at radius 1 is 0.759 bits per heavy atom. The van der Waals surface area contributed by atoms with Gasteiger partial charge in [-0.25, -0.2) is 4.39 Å². The van der Waals surface area contributed by atoms with E-state index >= 15 is 0 Å². The van der Waals surface area contributed by atoms with Crippen molar-refractivity contribution in [3.63, 3.8) is 0 Å². The molecule has 2 N–H and O–H groups in total. The average Bonchev–Trinajstić information content (AvgIpc) is 2.76. The molecule has 0 fully saturated rings. The van der Waals surface area contributed by atoms with E-state index in [1.54, 1.807) is 36.4 Å². The topological polar surface area (TPSA) is 43.1 Å². The van der Waals surface area contributed by atoms with Gasteiger partial charge in [-0.15, -0.1) is 0 Å². The molecule has 29 heavy (non-hydrogen) atoms. The number of benzene rings is 4. The van der Waals surface area contributed by atoms with Crippen LogP contribution in [-0.4, -0.2) is 5.78 Å². The lowest BCUT2D eigenvalue weighted by atomic mass is 9.94. The van der Waals surface area contributed by atoms with Gasteiger partial charge in [-0.3, -0.25) is 4.79 Å². The Labute approximate surface area is 173 Å². The van der Waals surface area contributed by atoms with Gasteiger partial charge in [0.05, 0.1) is 10.7 Å². The first-order chi connectivity index (χ1) is 14.0. The first-order valence-electron chi connectivity index (χ1n) is 9.08. The molecule has 0 aliphatic heterocycles. The van der Waals surface area contributed by atoms with E-state index in [9.17, 15) is 9.18 Å². The van der Waals surface area contributed by atoms with E-state index in [4.69, 9.17) is 17.3 Å². The monoisotopic (exact) mass is 401 g/mol. The Hall–Kier alpha value is -3.43. The molecule has 2 nitrogen and oxygen atoms in total. The zero-order valence-electron chi connectivity index (χ0n) is 15.4. The van der Waals surface area contributed by atoms with E-state index in [0.717, 1.165) is 11.1 Å². The molecule has 0 saturated heterocycles. The van der Waals surface area contributed by atoms with E-state index in [1.165, 1.54) is 12.1 Å². The Morgan fingerprint density at radius 3 is 2.10 bits per heavy atom. The number of para-hydroxylation sites is 1. The normalized spacial score (nSPS) is 10.7. The van der Waals surface area contributed by atoms with Gasteiger partial charge in [0, 0.05) is 16.7 Å². The third kappa shape index (κ3) is 3.78. The molecule has 0 unspecified atom stereocenters. The maximum Gasteiger partial charge on any atom is 0.195 e.